The SMILES string of the molecule is CC1(C)c2ccccc2-c2ccc(-c3nc(-c4ccccc4)nc(-n4c5ccccc5c5ccc6c7ccccc7n(-c7cccc(-c8ccccc8-c8ccccc8)c7)c6c54)n3)cc21. The Morgan fingerprint density at radius 2 is 0.862 bits per heavy atom. The quantitative estimate of drug-likeness (QED) is 0.168. The molecule has 12 aromatic rings. The van der Waals surface area contributed by atoms with Crippen molar-refractivity contribution in [2.75, 3.05) is 0 Å². The summed E-state index contributed by atoms with van der Waals surface area (Å²) in [5, 5.41) is 4.60. The molecule has 0 aliphatic heterocycles. The van der Waals surface area contributed by atoms with Crippen molar-refractivity contribution >= 4 is 43.6 Å². The van der Waals surface area contributed by atoms with Gasteiger partial charge in [0.05, 0.1) is 22.1 Å². The van der Waals surface area contributed by atoms with Crippen molar-refractivity contribution in [2.24, 2.45) is 0 Å². The molecule has 1 aliphatic carbocycles. The summed E-state index contributed by atoms with van der Waals surface area (Å²) in [5.41, 5.74) is 17.0. The molecule has 0 radical (unpaired) electrons. The van der Waals surface area contributed by atoms with E-state index < -0.39 is 0 Å². The number of rotatable bonds is 6. The van der Waals surface area contributed by atoms with Gasteiger partial charge in [-0.25, -0.2) is 4.98 Å². The number of fused-ring (bicyclic) bond motifs is 10. The number of hydrogen-bond acceptors (Lipinski definition) is 3. The summed E-state index contributed by atoms with van der Waals surface area (Å²) in [6.45, 7) is 4.63. The second-order valence-corrected chi connectivity index (χ2v) is 17.6. The largest absolute Gasteiger partial charge is 0.307 e. The molecule has 3 aromatic heterocycles. The van der Waals surface area contributed by atoms with Crippen LogP contribution in [0.5, 0.6) is 0 Å². The summed E-state index contributed by atoms with van der Waals surface area (Å²) in [6, 6.07) is 76.1. The van der Waals surface area contributed by atoms with Gasteiger partial charge in [0.15, 0.2) is 11.6 Å². The van der Waals surface area contributed by atoms with Gasteiger partial charge >= 0.3 is 0 Å². The highest BCUT2D eigenvalue weighted by molar-refractivity contribution is 6.23. The average molecular weight is 832 g/mol. The fourth-order valence-electron chi connectivity index (χ4n) is 10.5. The van der Waals surface area contributed by atoms with Crippen molar-refractivity contribution in [3.8, 4) is 67.8 Å². The van der Waals surface area contributed by atoms with Crippen LogP contribution in [0, 0.1) is 0 Å². The molecular weight excluding hydrogens is 791 g/mol. The second kappa shape index (κ2) is 14.3. The molecule has 9 aromatic carbocycles. The molecule has 3 heterocycles. The topological polar surface area (TPSA) is 48.5 Å². The smallest absolute Gasteiger partial charge is 0.238 e. The molecule has 0 bridgehead atoms. The van der Waals surface area contributed by atoms with Crippen molar-refractivity contribution in [1.82, 2.24) is 24.1 Å². The van der Waals surface area contributed by atoms with Gasteiger partial charge in [-0.2, -0.15) is 9.97 Å². The molecule has 0 saturated heterocycles. The maximum absolute atomic E-state index is 5.48. The first-order valence-corrected chi connectivity index (χ1v) is 22.3. The summed E-state index contributed by atoms with van der Waals surface area (Å²) in [7, 11) is 0. The van der Waals surface area contributed by atoms with Crippen molar-refractivity contribution in [3.63, 3.8) is 0 Å². The molecule has 13 rings (SSSR count). The lowest BCUT2D eigenvalue weighted by atomic mass is 9.82. The van der Waals surface area contributed by atoms with Crippen LogP contribution in [0.2, 0.25) is 0 Å². The standard InChI is InChI=1S/C60H41N5/c1-60(2)51-29-14-11-26-45(51)46-33-32-41(37-52(46)60)58-61-57(39-20-7-4-8-21-39)62-59(63-58)65-54-31-16-13-28-48(54)50-35-34-49-47-27-12-15-30-53(47)64(55(49)56(50)65)42-23-17-22-40(36-42)44-25-10-9-24-43(44)38-18-5-3-6-19-38/h3-37H,1-2H3. The minimum Gasteiger partial charge on any atom is -0.307 e. The average Bonchev–Trinajstić information content (AvgIpc) is 3.97. The van der Waals surface area contributed by atoms with Crippen LogP contribution in [-0.2, 0) is 5.41 Å². The van der Waals surface area contributed by atoms with E-state index >= 15 is 0 Å². The Kier molecular flexibility index (Phi) is 8.18. The highest BCUT2D eigenvalue weighted by Gasteiger charge is 2.35. The maximum atomic E-state index is 5.48. The number of aromatic nitrogens is 5. The van der Waals surface area contributed by atoms with E-state index in [4.69, 9.17) is 15.0 Å². The lowest BCUT2D eigenvalue weighted by Crippen LogP contribution is -2.15. The third-order valence-electron chi connectivity index (χ3n) is 13.6. The van der Waals surface area contributed by atoms with Crippen LogP contribution in [0.3, 0.4) is 0 Å². The van der Waals surface area contributed by atoms with Gasteiger partial charge in [0.2, 0.25) is 5.95 Å². The van der Waals surface area contributed by atoms with E-state index in [2.05, 4.69) is 217 Å². The summed E-state index contributed by atoms with van der Waals surface area (Å²) < 4.78 is 4.72. The van der Waals surface area contributed by atoms with Crippen LogP contribution in [-0.4, -0.2) is 24.1 Å². The number of benzene rings is 9. The van der Waals surface area contributed by atoms with Gasteiger partial charge in [0.1, 0.15) is 0 Å². The van der Waals surface area contributed by atoms with Crippen LogP contribution in [0.25, 0.3) is 111 Å². The second-order valence-electron chi connectivity index (χ2n) is 17.6. The molecule has 65 heavy (non-hydrogen) atoms. The summed E-state index contributed by atoms with van der Waals surface area (Å²) >= 11 is 0. The molecule has 0 fully saturated rings. The Morgan fingerprint density at radius 3 is 1.57 bits per heavy atom. The van der Waals surface area contributed by atoms with Crippen LogP contribution < -0.4 is 0 Å². The van der Waals surface area contributed by atoms with Crippen LogP contribution >= 0.6 is 0 Å². The van der Waals surface area contributed by atoms with Gasteiger partial charge in [-0.05, 0) is 74.8 Å². The Hall–Kier alpha value is -8.41. The molecule has 0 saturated carbocycles. The Labute approximate surface area is 376 Å². The molecule has 0 unspecified atom stereocenters. The fourth-order valence-corrected chi connectivity index (χ4v) is 10.5. The number of hydrogen-bond donors (Lipinski definition) is 0. The van der Waals surface area contributed by atoms with Gasteiger partial charge in [0, 0.05) is 43.8 Å². The number of para-hydroxylation sites is 2. The predicted octanol–water partition coefficient (Wildman–Crippen LogP) is 15.0. The Morgan fingerprint density at radius 1 is 0.338 bits per heavy atom. The first-order valence-electron chi connectivity index (χ1n) is 22.3. The van der Waals surface area contributed by atoms with Gasteiger partial charge in [-0.3, -0.25) is 4.57 Å². The summed E-state index contributed by atoms with van der Waals surface area (Å²) in [4.78, 5) is 16.1. The third kappa shape index (κ3) is 5.68. The van der Waals surface area contributed by atoms with E-state index in [-0.39, 0.29) is 5.41 Å². The normalized spacial score (nSPS) is 12.9. The van der Waals surface area contributed by atoms with E-state index in [0.717, 1.165) is 60.6 Å². The Balaban J connectivity index is 1.09. The van der Waals surface area contributed by atoms with E-state index in [1.54, 1.807) is 0 Å². The molecule has 1 aliphatic rings. The fraction of sp³-hybridized carbons (Fsp3) is 0.0500. The zero-order chi connectivity index (χ0) is 43.2. The van der Waals surface area contributed by atoms with Gasteiger partial charge in [-0.1, -0.05) is 196 Å². The molecule has 0 atom stereocenters. The zero-order valence-electron chi connectivity index (χ0n) is 35.9. The molecule has 306 valence electrons. The van der Waals surface area contributed by atoms with Crippen molar-refractivity contribution < 1.29 is 0 Å². The highest BCUT2D eigenvalue weighted by atomic mass is 15.2. The molecule has 5 heteroatoms. The van der Waals surface area contributed by atoms with E-state index in [1.807, 2.05) is 18.2 Å². The van der Waals surface area contributed by atoms with Crippen molar-refractivity contribution in [3.05, 3.63) is 223 Å². The molecule has 0 amide bonds. The Bertz CT molecular complexity index is 3860. The molecule has 0 spiro atoms. The van der Waals surface area contributed by atoms with Crippen LogP contribution in [0.4, 0.5) is 0 Å². The van der Waals surface area contributed by atoms with E-state index in [9.17, 15) is 0 Å². The molecule has 5 nitrogen and oxygen atoms in total. The first kappa shape index (κ1) is 37.2. The van der Waals surface area contributed by atoms with Crippen molar-refractivity contribution in [1.29, 1.82) is 0 Å². The first-order chi connectivity index (χ1) is 32.0. The maximum Gasteiger partial charge on any atom is 0.238 e. The summed E-state index contributed by atoms with van der Waals surface area (Å²) in [5.74, 6) is 1.82. The molecule has 0 N–H and O–H groups in total. The number of nitrogens with zero attached hydrogens (tertiary/aromatic N) is 5. The zero-order valence-corrected chi connectivity index (χ0v) is 35.9. The van der Waals surface area contributed by atoms with Gasteiger partial charge in [-0.15, -0.1) is 0 Å². The van der Waals surface area contributed by atoms with Gasteiger partial charge < -0.3 is 4.57 Å². The highest BCUT2D eigenvalue weighted by Crippen LogP contribution is 2.50. The van der Waals surface area contributed by atoms with Gasteiger partial charge in [0.25, 0.3) is 0 Å². The van der Waals surface area contributed by atoms with Crippen LogP contribution in [0.15, 0.2) is 212 Å². The molecular formula is C60H41N5. The monoisotopic (exact) mass is 831 g/mol. The predicted molar refractivity (Wildman–Crippen MR) is 268 cm³/mol. The van der Waals surface area contributed by atoms with E-state index in [0.29, 0.717) is 17.6 Å². The third-order valence-corrected chi connectivity index (χ3v) is 13.6. The summed E-state index contributed by atoms with van der Waals surface area (Å²) in [6.07, 6.45) is 0. The van der Waals surface area contributed by atoms with Crippen LogP contribution in [0.1, 0.15) is 25.0 Å². The lowest BCUT2D eigenvalue weighted by molar-refractivity contribution is 0.660. The lowest BCUT2D eigenvalue weighted by Gasteiger charge is -2.21. The van der Waals surface area contributed by atoms with E-state index in [1.165, 1.54) is 44.3 Å². The minimum absolute atomic E-state index is 0.174. The van der Waals surface area contributed by atoms with Crippen molar-refractivity contribution in [2.45, 2.75) is 19.3 Å². The minimum atomic E-state index is -0.174.